The van der Waals surface area contributed by atoms with Gasteiger partial charge in [-0.3, -0.25) is 5.73 Å². The number of aromatic nitrogens is 1. The first kappa shape index (κ1) is 14.6. The van der Waals surface area contributed by atoms with Gasteiger partial charge in [0.05, 0.1) is 6.54 Å². The first-order chi connectivity index (χ1) is 11.6. The van der Waals surface area contributed by atoms with Crippen LogP contribution in [0.5, 0.6) is 0 Å². The summed E-state index contributed by atoms with van der Waals surface area (Å²) < 4.78 is 6.36. The van der Waals surface area contributed by atoms with Crippen molar-refractivity contribution in [2.45, 2.75) is 31.7 Å². The Bertz CT molecular complexity index is 786. The molecule has 2 N–H and O–H groups in total. The van der Waals surface area contributed by atoms with E-state index in [-0.39, 0.29) is 5.60 Å². The molecule has 2 atom stereocenters. The van der Waals surface area contributed by atoms with E-state index in [4.69, 9.17) is 15.5 Å². The molecule has 0 amide bonds. The van der Waals surface area contributed by atoms with Crippen LogP contribution < -0.4 is 10.6 Å². The Morgan fingerprint density at radius 1 is 1.21 bits per heavy atom. The smallest absolute Gasteiger partial charge is 0.186 e. The summed E-state index contributed by atoms with van der Waals surface area (Å²) in [6.07, 6.45) is 2.05. The number of nitrogens with two attached hydrogens (primary N) is 1. The zero-order valence-corrected chi connectivity index (χ0v) is 14.1. The average molecular weight is 324 g/mol. The predicted molar refractivity (Wildman–Crippen MR) is 94.8 cm³/mol. The number of anilines is 1. The molecule has 1 spiro atoms. The number of hydrogen-bond donors (Lipinski definition) is 1. The molecule has 1 aromatic carbocycles. The Morgan fingerprint density at radius 3 is 2.75 bits per heavy atom. The second kappa shape index (κ2) is 5.15. The Labute approximate surface area is 142 Å². The first-order valence-electron chi connectivity index (χ1n) is 8.93. The molecule has 4 aliphatic rings. The normalized spacial score (nSPS) is 35.2. The highest BCUT2D eigenvalue weighted by atomic mass is 16.6. The Morgan fingerprint density at radius 2 is 2.00 bits per heavy atom. The fraction of sp³-hybridized carbons (Fsp3) is 0.526. The van der Waals surface area contributed by atoms with Crippen LogP contribution in [0.1, 0.15) is 18.5 Å². The molecular formula is C19H24N4O. The summed E-state index contributed by atoms with van der Waals surface area (Å²) in [4.78, 5) is 9.50. The summed E-state index contributed by atoms with van der Waals surface area (Å²) in [5.41, 5.74) is 7.32. The van der Waals surface area contributed by atoms with Gasteiger partial charge in [0.2, 0.25) is 0 Å². The van der Waals surface area contributed by atoms with Crippen molar-refractivity contribution < 1.29 is 4.74 Å². The number of benzene rings is 1. The van der Waals surface area contributed by atoms with Gasteiger partial charge in [-0.2, -0.15) is 0 Å². The molecule has 4 aliphatic heterocycles. The summed E-state index contributed by atoms with van der Waals surface area (Å²) in [7, 11) is 0. The minimum Gasteiger partial charge on any atom is -0.335 e. The topological polar surface area (TPSA) is 54.6 Å². The summed E-state index contributed by atoms with van der Waals surface area (Å²) in [6, 6.07) is 10.5. The molecule has 4 saturated heterocycles. The van der Waals surface area contributed by atoms with E-state index in [2.05, 4.69) is 47.1 Å². The van der Waals surface area contributed by atoms with Gasteiger partial charge in [0.25, 0.3) is 0 Å². The predicted octanol–water partition coefficient (Wildman–Crippen LogP) is 2.09. The summed E-state index contributed by atoms with van der Waals surface area (Å²) in [6.45, 7) is 6.34. The quantitative estimate of drug-likeness (QED) is 0.870. The molecule has 5 nitrogen and oxygen atoms in total. The number of fused-ring (bicyclic) bond motifs is 3. The molecule has 24 heavy (non-hydrogen) atoms. The van der Waals surface area contributed by atoms with Gasteiger partial charge in [-0.05, 0) is 50.2 Å². The van der Waals surface area contributed by atoms with Crippen molar-refractivity contribution in [1.82, 2.24) is 9.88 Å². The zero-order valence-electron chi connectivity index (χ0n) is 14.1. The summed E-state index contributed by atoms with van der Waals surface area (Å²) >= 11 is 0. The van der Waals surface area contributed by atoms with Gasteiger partial charge in [0.15, 0.2) is 6.35 Å². The van der Waals surface area contributed by atoms with Crippen molar-refractivity contribution in [2.75, 3.05) is 31.1 Å². The average Bonchev–Trinajstić information content (AvgIpc) is 2.92. The Kier molecular flexibility index (Phi) is 3.14. The zero-order chi connectivity index (χ0) is 16.3. The molecule has 2 bridgehead atoms. The van der Waals surface area contributed by atoms with Crippen molar-refractivity contribution in [3.8, 4) is 0 Å². The molecule has 0 saturated carbocycles. The van der Waals surface area contributed by atoms with Gasteiger partial charge < -0.3 is 14.5 Å². The van der Waals surface area contributed by atoms with Crippen LogP contribution in [0.15, 0.2) is 30.3 Å². The third kappa shape index (κ3) is 2.08. The number of hydrogen-bond acceptors (Lipinski definition) is 5. The number of nitrogens with zero attached hydrogens (tertiary/aromatic N) is 3. The highest BCUT2D eigenvalue weighted by Crippen LogP contribution is 2.43. The molecule has 2 unspecified atom stereocenters. The number of pyridine rings is 1. The molecule has 1 aromatic heterocycles. The van der Waals surface area contributed by atoms with E-state index in [1.54, 1.807) is 0 Å². The molecule has 5 heteroatoms. The SMILES string of the molecule is Cc1nc(N2CC3(CN4CCC3CC4)OC2N)cc2ccccc12. The van der Waals surface area contributed by atoms with Gasteiger partial charge >= 0.3 is 0 Å². The molecule has 4 fully saturated rings. The van der Waals surface area contributed by atoms with Gasteiger partial charge in [-0.1, -0.05) is 24.3 Å². The molecule has 0 aliphatic carbocycles. The maximum Gasteiger partial charge on any atom is 0.186 e. The fourth-order valence-corrected chi connectivity index (χ4v) is 4.87. The van der Waals surface area contributed by atoms with E-state index in [1.807, 2.05) is 0 Å². The van der Waals surface area contributed by atoms with Crippen LogP contribution in [0.4, 0.5) is 5.82 Å². The van der Waals surface area contributed by atoms with Crippen molar-refractivity contribution in [2.24, 2.45) is 11.7 Å². The van der Waals surface area contributed by atoms with Crippen LogP contribution in [0, 0.1) is 12.8 Å². The summed E-state index contributed by atoms with van der Waals surface area (Å²) in [5, 5.41) is 2.41. The minimum absolute atomic E-state index is 0.114. The largest absolute Gasteiger partial charge is 0.335 e. The maximum atomic E-state index is 6.39. The lowest BCUT2D eigenvalue weighted by molar-refractivity contribution is -0.137. The van der Waals surface area contributed by atoms with Crippen molar-refractivity contribution in [1.29, 1.82) is 0 Å². The molecule has 0 radical (unpaired) electrons. The highest BCUT2D eigenvalue weighted by Gasteiger charge is 2.54. The number of rotatable bonds is 1. The molecule has 6 rings (SSSR count). The first-order valence-corrected chi connectivity index (χ1v) is 8.93. The third-order valence-corrected chi connectivity index (χ3v) is 6.14. The van der Waals surface area contributed by atoms with Crippen LogP contribution in [-0.4, -0.2) is 48.0 Å². The van der Waals surface area contributed by atoms with Crippen LogP contribution in [0.3, 0.4) is 0 Å². The van der Waals surface area contributed by atoms with E-state index >= 15 is 0 Å². The van der Waals surface area contributed by atoms with E-state index in [0.717, 1.165) is 24.6 Å². The van der Waals surface area contributed by atoms with Crippen molar-refractivity contribution >= 4 is 16.6 Å². The molecule has 5 heterocycles. The molecule has 2 aromatic rings. The van der Waals surface area contributed by atoms with E-state index in [9.17, 15) is 0 Å². The van der Waals surface area contributed by atoms with Crippen LogP contribution in [0.25, 0.3) is 10.8 Å². The Balaban J connectivity index is 1.51. The molecule has 126 valence electrons. The van der Waals surface area contributed by atoms with E-state index in [0.29, 0.717) is 5.92 Å². The monoisotopic (exact) mass is 324 g/mol. The van der Waals surface area contributed by atoms with Crippen LogP contribution in [-0.2, 0) is 4.74 Å². The number of ether oxygens (including phenoxy) is 1. The van der Waals surface area contributed by atoms with E-state index in [1.165, 1.54) is 36.7 Å². The molecular weight excluding hydrogens is 300 g/mol. The number of piperidine rings is 3. The van der Waals surface area contributed by atoms with Gasteiger partial charge in [0, 0.05) is 17.6 Å². The minimum atomic E-state index is -0.404. The van der Waals surface area contributed by atoms with Gasteiger partial charge in [-0.15, -0.1) is 0 Å². The van der Waals surface area contributed by atoms with Crippen LogP contribution >= 0.6 is 0 Å². The van der Waals surface area contributed by atoms with Gasteiger partial charge in [-0.25, -0.2) is 4.98 Å². The van der Waals surface area contributed by atoms with Crippen molar-refractivity contribution in [3.63, 3.8) is 0 Å². The lowest BCUT2D eigenvalue weighted by Crippen LogP contribution is -2.61. The Hall–Kier alpha value is -1.69. The third-order valence-electron chi connectivity index (χ3n) is 6.14. The highest BCUT2D eigenvalue weighted by molar-refractivity contribution is 5.86. The van der Waals surface area contributed by atoms with Crippen LogP contribution in [0.2, 0.25) is 0 Å². The summed E-state index contributed by atoms with van der Waals surface area (Å²) in [5.74, 6) is 1.56. The maximum absolute atomic E-state index is 6.39. The lowest BCUT2D eigenvalue weighted by atomic mass is 9.75. The standard InChI is InChI=1S/C19H24N4O/c1-13-16-5-3-2-4-14(16)10-17(21-13)23-12-19(24-18(23)20)11-22-8-6-15(19)7-9-22/h2-5,10,15,18H,6-9,11-12,20H2,1H3. The second-order valence-electron chi connectivity index (χ2n) is 7.54. The lowest BCUT2D eigenvalue weighted by Gasteiger charge is -2.50. The fourth-order valence-electron chi connectivity index (χ4n) is 4.87. The van der Waals surface area contributed by atoms with E-state index < -0.39 is 6.35 Å². The second-order valence-corrected chi connectivity index (χ2v) is 7.54. The number of aryl methyl sites for hydroxylation is 1. The van der Waals surface area contributed by atoms with Gasteiger partial charge in [0.1, 0.15) is 11.4 Å². The van der Waals surface area contributed by atoms with Crippen molar-refractivity contribution in [3.05, 3.63) is 36.0 Å².